The van der Waals surface area contributed by atoms with E-state index in [0.717, 1.165) is 5.56 Å². The minimum Gasteiger partial charge on any atom is -0.288 e. The summed E-state index contributed by atoms with van der Waals surface area (Å²) in [4.78, 5) is 15.8. The van der Waals surface area contributed by atoms with E-state index in [1.165, 1.54) is 6.08 Å². The van der Waals surface area contributed by atoms with E-state index in [-0.39, 0.29) is 5.78 Å². The SMILES string of the molecule is N#Cc1ccccc1/C=C/C(=O)c1ccccn1. The van der Waals surface area contributed by atoms with E-state index in [1.807, 2.05) is 6.07 Å². The van der Waals surface area contributed by atoms with Gasteiger partial charge in [-0.3, -0.25) is 9.78 Å². The van der Waals surface area contributed by atoms with E-state index in [0.29, 0.717) is 11.3 Å². The van der Waals surface area contributed by atoms with E-state index in [4.69, 9.17) is 5.26 Å². The molecule has 0 amide bonds. The van der Waals surface area contributed by atoms with Crippen molar-refractivity contribution in [2.75, 3.05) is 0 Å². The normalized spacial score (nSPS) is 10.2. The van der Waals surface area contributed by atoms with Gasteiger partial charge in [0.25, 0.3) is 0 Å². The smallest absolute Gasteiger partial charge is 0.204 e. The van der Waals surface area contributed by atoms with Crippen molar-refractivity contribution >= 4 is 11.9 Å². The molecule has 1 aromatic carbocycles. The third-order valence-electron chi connectivity index (χ3n) is 2.41. The Morgan fingerprint density at radius 2 is 1.94 bits per heavy atom. The van der Waals surface area contributed by atoms with Crippen LogP contribution in [0, 0.1) is 11.3 Å². The molecular formula is C15H10N2O. The molecule has 0 bridgehead atoms. The van der Waals surface area contributed by atoms with E-state index < -0.39 is 0 Å². The first-order valence-corrected chi connectivity index (χ1v) is 5.44. The Kier molecular flexibility index (Phi) is 3.62. The molecule has 0 unspecified atom stereocenters. The second kappa shape index (κ2) is 5.55. The fourth-order valence-corrected chi connectivity index (χ4v) is 1.50. The van der Waals surface area contributed by atoms with Crippen LogP contribution in [0.15, 0.2) is 54.7 Å². The minimum absolute atomic E-state index is 0.177. The summed E-state index contributed by atoms with van der Waals surface area (Å²) < 4.78 is 0. The second-order valence-electron chi connectivity index (χ2n) is 3.61. The highest BCUT2D eigenvalue weighted by molar-refractivity contribution is 6.05. The summed E-state index contributed by atoms with van der Waals surface area (Å²) in [5.41, 5.74) is 1.66. The Morgan fingerprint density at radius 3 is 2.67 bits per heavy atom. The molecule has 0 aliphatic carbocycles. The first kappa shape index (κ1) is 11.7. The molecule has 0 saturated carbocycles. The summed E-state index contributed by atoms with van der Waals surface area (Å²) in [6, 6.07) is 14.4. The molecule has 0 aliphatic heterocycles. The maximum absolute atomic E-state index is 11.8. The van der Waals surface area contributed by atoms with Crippen molar-refractivity contribution < 1.29 is 4.79 Å². The zero-order valence-electron chi connectivity index (χ0n) is 9.58. The summed E-state index contributed by atoms with van der Waals surface area (Å²) in [6.07, 6.45) is 4.64. The van der Waals surface area contributed by atoms with Crippen LogP contribution in [0.2, 0.25) is 0 Å². The lowest BCUT2D eigenvalue weighted by molar-refractivity contribution is 0.104. The number of allylic oxidation sites excluding steroid dienone is 1. The van der Waals surface area contributed by atoms with Crippen LogP contribution < -0.4 is 0 Å². The third-order valence-corrected chi connectivity index (χ3v) is 2.41. The molecule has 0 N–H and O–H groups in total. The van der Waals surface area contributed by atoms with Crippen LogP contribution in [-0.4, -0.2) is 10.8 Å². The number of pyridine rings is 1. The van der Waals surface area contributed by atoms with Gasteiger partial charge >= 0.3 is 0 Å². The van der Waals surface area contributed by atoms with E-state index >= 15 is 0 Å². The average molecular weight is 234 g/mol. The number of rotatable bonds is 3. The van der Waals surface area contributed by atoms with Gasteiger partial charge in [-0.2, -0.15) is 5.26 Å². The summed E-state index contributed by atoms with van der Waals surface area (Å²) >= 11 is 0. The predicted octanol–water partition coefficient (Wildman–Crippen LogP) is 2.85. The van der Waals surface area contributed by atoms with Crippen molar-refractivity contribution in [2.45, 2.75) is 0 Å². The number of aromatic nitrogens is 1. The third kappa shape index (κ3) is 2.69. The maximum Gasteiger partial charge on any atom is 0.204 e. The molecular weight excluding hydrogens is 224 g/mol. The zero-order valence-corrected chi connectivity index (χ0v) is 9.58. The molecule has 0 radical (unpaired) electrons. The van der Waals surface area contributed by atoms with Gasteiger partial charge in [0, 0.05) is 6.20 Å². The van der Waals surface area contributed by atoms with Gasteiger partial charge in [-0.25, -0.2) is 0 Å². The molecule has 2 rings (SSSR count). The number of carbonyl (C=O) groups is 1. The van der Waals surface area contributed by atoms with Crippen LogP contribution in [-0.2, 0) is 0 Å². The number of hydrogen-bond donors (Lipinski definition) is 0. The van der Waals surface area contributed by atoms with Crippen molar-refractivity contribution in [3.63, 3.8) is 0 Å². The van der Waals surface area contributed by atoms with E-state index in [9.17, 15) is 4.79 Å². The first-order valence-electron chi connectivity index (χ1n) is 5.44. The van der Waals surface area contributed by atoms with Crippen LogP contribution in [0.25, 0.3) is 6.08 Å². The molecule has 86 valence electrons. The van der Waals surface area contributed by atoms with Crippen molar-refractivity contribution in [1.82, 2.24) is 4.98 Å². The molecule has 3 heteroatoms. The van der Waals surface area contributed by atoms with E-state index in [1.54, 1.807) is 48.7 Å². The first-order chi connectivity index (χ1) is 8.81. The molecule has 18 heavy (non-hydrogen) atoms. The van der Waals surface area contributed by atoms with Gasteiger partial charge in [0.15, 0.2) is 0 Å². The maximum atomic E-state index is 11.8. The molecule has 1 aromatic heterocycles. The van der Waals surface area contributed by atoms with Crippen molar-refractivity contribution in [1.29, 1.82) is 5.26 Å². The summed E-state index contributed by atoms with van der Waals surface area (Å²) in [5.74, 6) is -0.177. The van der Waals surface area contributed by atoms with Crippen molar-refractivity contribution in [3.8, 4) is 6.07 Å². The zero-order chi connectivity index (χ0) is 12.8. The van der Waals surface area contributed by atoms with Crippen LogP contribution in [0.3, 0.4) is 0 Å². The molecule has 0 fully saturated rings. The monoisotopic (exact) mass is 234 g/mol. The van der Waals surface area contributed by atoms with Gasteiger partial charge in [0.1, 0.15) is 5.69 Å². The van der Waals surface area contributed by atoms with E-state index in [2.05, 4.69) is 11.1 Å². The second-order valence-corrected chi connectivity index (χ2v) is 3.61. The Bertz CT molecular complexity index is 624. The van der Waals surface area contributed by atoms with Crippen LogP contribution >= 0.6 is 0 Å². The minimum atomic E-state index is -0.177. The molecule has 0 spiro atoms. The summed E-state index contributed by atoms with van der Waals surface area (Å²) in [6.45, 7) is 0. The van der Waals surface area contributed by atoms with Crippen LogP contribution in [0.5, 0.6) is 0 Å². The van der Waals surface area contributed by atoms with Gasteiger partial charge in [-0.05, 0) is 35.9 Å². The van der Waals surface area contributed by atoms with Gasteiger partial charge in [-0.1, -0.05) is 24.3 Å². The van der Waals surface area contributed by atoms with Gasteiger partial charge < -0.3 is 0 Å². The predicted molar refractivity (Wildman–Crippen MR) is 68.8 cm³/mol. The molecule has 0 aliphatic rings. The molecule has 0 saturated heterocycles. The topological polar surface area (TPSA) is 53.8 Å². The number of nitriles is 1. The van der Waals surface area contributed by atoms with Gasteiger partial charge in [0.2, 0.25) is 5.78 Å². The number of benzene rings is 1. The highest BCUT2D eigenvalue weighted by Gasteiger charge is 2.02. The highest BCUT2D eigenvalue weighted by atomic mass is 16.1. The number of hydrogen-bond acceptors (Lipinski definition) is 3. The van der Waals surface area contributed by atoms with Gasteiger partial charge in [-0.15, -0.1) is 0 Å². The number of ketones is 1. The number of nitrogens with zero attached hydrogens (tertiary/aromatic N) is 2. The lowest BCUT2D eigenvalue weighted by Gasteiger charge is -1.96. The Balaban J connectivity index is 2.22. The van der Waals surface area contributed by atoms with Crippen LogP contribution in [0.4, 0.5) is 0 Å². The molecule has 1 heterocycles. The standard InChI is InChI=1S/C15H10N2O/c16-11-13-6-2-1-5-12(13)8-9-15(18)14-7-3-4-10-17-14/h1-10H/b9-8+. The largest absolute Gasteiger partial charge is 0.288 e. The molecule has 3 nitrogen and oxygen atoms in total. The molecule has 0 atom stereocenters. The Labute approximate surface area is 105 Å². The highest BCUT2D eigenvalue weighted by Crippen LogP contribution is 2.10. The fourth-order valence-electron chi connectivity index (χ4n) is 1.50. The quantitative estimate of drug-likeness (QED) is 0.606. The molecule has 2 aromatic rings. The van der Waals surface area contributed by atoms with Crippen LogP contribution in [0.1, 0.15) is 21.6 Å². The summed E-state index contributed by atoms with van der Waals surface area (Å²) in [5, 5.41) is 8.92. The Morgan fingerprint density at radius 1 is 1.17 bits per heavy atom. The van der Waals surface area contributed by atoms with Crippen molar-refractivity contribution in [3.05, 3.63) is 71.6 Å². The van der Waals surface area contributed by atoms with Gasteiger partial charge in [0.05, 0.1) is 11.6 Å². The average Bonchev–Trinajstić information content (AvgIpc) is 2.46. The fraction of sp³-hybridized carbons (Fsp3) is 0. The lowest BCUT2D eigenvalue weighted by atomic mass is 10.1. The summed E-state index contributed by atoms with van der Waals surface area (Å²) in [7, 11) is 0. The van der Waals surface area contributed by atoms with Crippen molar-refractivity contribution in [2.24, 2.45) is 0 Å². The Hall–Kier alpha value is -2.73. The number of carbonyl (C=O) groups excluding carboxylic acids is 1. The lowest BCUT2D eigenvalue weighted by Crippen LogP contribution is -1.96.